The summed E-state index contributed by atoms with van der Waals surface area (Å²) >= 11 is 0. The number of para-hydroxylation sites is 1. The van der Waals surface area contributed by atoms with Gasteiger partial charge in [-0.15, -0.1) is 0 Å². The maximum absolute atomic E-state index is 13.3. The molecule has 0 aromatic heterocycles. The van der Waals surface area contributed by atoms with Gasteiger partial charge in [0.15, 0.2) is 17.6 Å². The number of fused-ring (bicyclic) bond motifs is 1. The number of nitriles is 1. The normalized spacial score (nSPS) is 18.5. The van der Waals surface area contributed by atoms with Crippen molar-refractivity contribution < 1.29 is 32.2 Å². The number of sulfonamides is 1. The summed E-state index contributed by atoms with van der Waals surface area (Å²) in [4.78, 5) is 25.3. The SMILES string of the molecule is C[C@@H](OC(=O)[C@@H]1CCCN1S(=O)(=O)c1ccc2c(c1)OCCO2)C(=O)Nc1ccccc1C#N. The van der Waals surface area contributed by atoms with Crippen molar-refractivity contribution in [2.24, 2.45) is 0 Å². The molecule has 0 radical (unpaired) electrons. The molecule has 0 saturated carbocycles. The number of hydrogen-bond donors (Lipinski definition) is 1. The van der Waals surface area contributed by atoms with Crippen LogP contribution in [0.25, 0.3) is 0 Å². The number of carbonyl (C=O) groups is 2. The van der Waals surface area contributed by atoms with Crippen LogP contribution >= 0.6 is 0 Å². The molecule has 1 saturated heterocycles. The Labute approximate surface area is 197 Å². The van der Waals surface area contributed by atoms with Gasteiger partial charge < -0.3 is 19.5 Å². The number of benzene rings is 2. The lowest BCUT2D eigenvalue weighted by atomic mass is 10.2. The van der Waals surface area contributed by atoms with Gasteiger partial charge in [-0.25, -0.2) is 8.42 Å². The summed E-state index contributed by atoms with van der Waals surface area (Å²) in [7, 11) is -4.02. The lowest BCUT2D eigenvalue weighted by Gasteiger charge is -2.25. The van der Waals surface area contributed by atoms with E-state index in [1.807, 2.05) is 6.07 Å². The topological polar surface area (TPSA) is 135 Å². The molecule has 0 spiro atoms. The Kier molecular flexibility index (Phi) is 6.72. The second-order valence-corrected chi connectivity index (χ2v) is 9.70. The zero-order chi connectivity index (χ0) is 24.3. The molecule has 4 rings (SSSR count). The van der Waals surface area contributed by atoms with Crippen LogP contribution in [0.4, 0.5) is 5.69 Å². The number of nitrogens with zero attached hydrogens (tertiary/aromatic N) is 2. The highest BCUT2D eigenvalue weighted by Crippen LogP contribution is 2.35. The number of anilines is 1. The molecule has 1 N–H and O–H groups in total. The largest absolute Gasteiger partial charge is 0.486 e. The van der Waals surface area contributed by atoms with Crippen molar-refractivity contribution in [3.63, 3.8) is 0 Å². The van der Waals surface area contributed by atoms with Crippen LogP contribution in [0, 0.1) is 11.3 Å². The molecule has 0 aliphatic carbocycles. The Morgan fingerprint density at radius 3 is 2.68 bits per heavy atom. The minimum atomic E-state index is -4.02. The number of nitrogens with one attached hydrogen (secondary N) is 1. The Hall–Kier alpha value is -3.62. The van der Waals surface area contributed by atoms with E-state index in [-0.39, 0.29) is 23.4 Å². The number of ether oxygens (including phenoxy) is 3. The summed E-state index contributed by atoms with van der Waals surface area (Å²) < 4.78 is 43.9. The Bertz CT molecular complexity index is 1260. The standard InChI is InChI=1S/C23H23N3O7S/c1-15(22(27)25-18-6-3-2-5-16(18)14-24)33-23(28)19-7-4-10-26(19)34(29,30)17-8-9-20-21(13-17)32-12-11-31-20/h2-3,5-6,8-9,13,15,19H,4,7,10-12H2,1H3,(H,25,27)/t15-,19+/m1/s1. The van der Waals surface area contributed by atoms with E-state index in [0.29, 0.717) is 36.8 Å². The van der Waals surface area contributed by atoms with Crippen LogP contribution in [0.5, 0.6) is 11.5 Å². The van der Waals surface area contributed by atoms with E-state index >= 15 is 0 Å². The molecule has 11 heteroatoms. The number of hydrogen-bond acceptors (Lipinski definition) is 8. The second kappa shape index (κ2) is 9.70. The Balaban J connectivity index is 1.45. The first kappa shape index (κ1) is 23.5. The summed E-state index contributed by atoms with van der Waals surface area (Å²) in [5, 5.41) is 11.7. The lowest BCUT2D eigenvalue weighted by molar-refractivity contribution is -0.156. The van der Waals surface area contributed by atoms with Gasteiger partial charge in [-0.2, -0.15) is 9.57 Å². The van der Waals surface area contributed by atoms with Gasteiger partial charge in [-0.3, -0.25) is 9.59 Å². The van der Waals surface area contributed by atoms with Crippen molar-refractivity contribution >= 4 is 27.6 Å². The van der Waals surface area contributed by atoms with Crippen LogP contribution in [0.1, 0.15) is 25.3 Å². The zero-order valence-electron chi connectivity index (χ0n) is 18.4. The van der Waals surface area contributed by atoms with E-state index in [4.69, 9.17) is 19.5 Å². The monoisotopic (exact) mass is 485 g/mol. The molecule has 1 fully saturated rings. The third kappa shape index (κ3) is 4.69. The average molecular weight is 486 g/mol. The van der Waals surface area contributed by atoms with Crippen molar-refractivity contribution in [3.05, 3.63) is 48.0 Å². The van der Waals surface area contributed by atoms with Crippen LogP contribution in [0.3, 0.4) is 0 Å². The molecular weight excluding hydrogens is 462 g/mol. The fourth-order valence-corrected chi connectivity index (χ4v) is 5.48. The third-order valence-electron chi connectivity index (χ3n) is 5.56. The zero-order valence-corrected chi connectivity index (χ0v) is 19.2. The smallest absolute Gasteiger partial charge is 0.325 e. The van der Waals surface area contributed by atoms with Crippen molar-refractivity contribution in [1.82, 2.24) is 4.31 Å². The van der Waals surface area contributed by atoms with Crippen molar-refractivity contribution in [2.45, 2.75) is 36.8 Å². The fraction of sp³-hybridized carbons (Fsp3) is 0.348. The van der Waals surface area contributed by atoms with E-state index in [2.05, 4.69) is 5.32 Å². The summed E-state index contributed by atoms with van der Waals surface area (Å²) in [5.74, 6) is -0.654. The molecule has 10 nitrogen and oxygen atoms in total. The molecule has 1 amide bonds. The molecule has 2 aromatic carbocycles. The first-order valence-corrected chi connectivity index (χ1v) is 12.2. The Morgan fingerprint density at radius 2 is 1.91 bits per heavy atom. The van der Waals surface area contributed by atoms with Crippen LogP contribution in [-0.2, 0) is 24.3 Å². The van der Waals surface area contributed by atoms with Gasteiger partial charge in [0.25, 0.3) is 5.91 Å². The highest BCUT2D eigenvalue weighted by Gasteiger charge is 2.41. The molecule has 34 heavy (non-hydrogen) atoms. The van der Waals surface area contributed by atoms with E-state index in [9.17, 15) is 18.0 Å². The summed E-state index contributed by atoms with van der Waals surface area (Å²) in [6.45, 7) is 2.23. The maximum Gasteiger partial charge on any atom is 0.325 e. The summed E-state index contributed by atoms with van der Waals surface area (Å²) in [6.07, 6.45) is -0.452. The van der Waals surface area contributed by atoms with Gasteiger partial charge in [0, 0.05) is 12.6 Å². The second-order valence-electron chi connectivity index (χ2n) is 7.81. The van der Waals surface area contributed by atoms with Crippen molar-refractivity contribution in [3.8, 4) is 17.6 Å². The third-order valence-corrected chi connectivity index (χ3v) is 7.47. The number of esters is 1. The average Bonchev–Trinajstić information content (AvgIpc) is 3.35. The van der Waals surface area contributed by atoms with Gasteiger partial charge in [0.05, 0.1) is 16.1 Å². The van der Waals surface area contributed by atoms with Crippen molar-refractivity contribution in [2.75, 3.05) is 25.1 Å². The molecule has 2 aromatic rings. The summed E-state index contributed by atoms with van der Waals surface area (Å²) in [6, 6.07) is 11.7. The van der Waals surface area contributed by atoms with Crippen LogP contribution in [-0.4, -0.2) is 56.5 Å². The first-order chi connectivity index (χ1) is 16.3. The lowest BCUT2D eigenvalue weighted by Crippen LogP contribution is -2.43. The van der Waals surface area contributed by atoms with E-state index in [0.717, 1.165) is 4.31 Å². The predicted molar refractivity (Wildman–Crippen MR) is 120 cm³/mol. The van der Waals surface area contributed by atoms with Gasteiger partial charge in [0.2, 0.25) is 10.0 Å². The number of rotatable bonds is 6. The summed E-state index contributed by atoms with van der Waals surface area (Å²) in [5.41, 5.74) is 0.559. The maximum atomic E-state index is 13.3. The van der Waals surface area contributed by atoms with E-state index in [1.54, 1.807) is 24.3 Å². The molecule has 0 unspecified atom stereocenters. The molecule has 178 valence electrons. The van der Waals surface area contributed by atoms with Gasteiger partial charge in [0.1, 0.15) is 25.3 Å². The minimum absolute atomic E-state index is 0.0182. The van der Waals surface area contributed by atoms with E-state index in [1.165, 1.54) is 25.1 Å². The molecular formula is C23H23N3O7S. The number of amides is 1. The fourth-order valence-electron chi connectivity index (χ4n) is 3.81. The van der Waals surface area contributed by atoms with Crippen LogP contribution < -0.4 is 14.8 Å². The van der Waals surface area contributed by atoms with Gasteiger partial charge in [-0.1, -0.05) is 12.1 Å². The van der Waals surface area contributed by atoms with Crippen molar-refractivity contribution in [1.29, 1.82) is 5.26 Å². The molecule has 2 atom stereocenters. The van der Waals surface area contributed by atoms with E-state index < -0.39 is 34.0 Å². The molecule has 2 aliphatic heterocycles. The molecule has 0 bridgehead atoms. The molecule has 2 heterocycles. The first-order valence-electron chi connectivity index (χ1n) is 10.7. The molecule has 2 aliphatic rings. The predicted octanol–water partition coefficient (Wildman–Crippen LogP) is 2.05. The van der Waals surface area contributed by atoms with Crippen LogP contribution in [0.2, 0.25) is 0 Å². The highest BCUT2D eigenvalue weighted by atomic mass is 32.2. The minimum Gasteiger partial charge on any atom is -0.486 e. The quantitative estimate of drug-likeness (QED) is 0.614. The highest BCUT2D eigenvalue weighted by molar-refractivity contribution is 7.89. The van der Waals surface area contributed by atoms with Gasteiger partial charge in [-0.05, 0) is 44.0 Å². The number of carbonyl (C=O) groups excluding carboxylic acids is 2. The Morgan fingerprint density at radius 1 is 1.18 bits per heavy atom. The van der Waals surface area contributed by atoms with Gasteiger partial charge >= 0.3 is 5.97 Å². The van der Waals surface area contributed by atoms with Crippen LogP contribution in [0.15, 0.2) is 47.4 Å².